The van der Waals surface area contributed by atoms with E-state index in [0.29, 0.717) is 20.9 Å². The first-order valence-corrected chi connectivity index (χ1v) is 9.12. The molecule has 25 heavy (non-hydrogen) atoms. The largest absolute Gasteiger partial charge is 0.325 e. The first-order chi connectivity index (χ1) is 11.9. The third kappa shape index (κ3) is 4.31. The van der Waals surface area contributed by atoms with Crippen LogP contribution in [0, 0.1) is 13.8 Å². The van der Waals surface area contributed by atoms with Crippen molar-refractivity contribution in [2.45, 2.75) is 13.8 Å². The van der Waals surface area contributed by atoms with Gasteiger partial charge >= 0.3 is 6.03 Å². The number of nitrogens with one attached hydrogen (secondary N) is 2. The van der Waals surface area contributed by atoms with E-state index in [4.69, 9.17) is 23.2 Å². The van der Waals surface area contributed by atoms with Gasteiger partial charge in [-0.15, -0.1) is 11.3 Å². The quantitative estimate of drug-likeness (QED) is 0.544. The number of hydrogen-bond donors (Lipinski definition) is 2. The average Bonchev–Trinajstić information content (AvgIpc) is 3.02. The molecule has 2 aromatic carbocycles. The van der Waals surface area contributed by atoms with E-state index in [1.807, 2.05) is 11.4 Å². The Labute approximate surface area is 159 Å². The molecule has 0 unspecified atom stereocenters. The van der Waals surface area contributed by atoms with Crippen LogP contribution >= 0.6 is 34.5 Å². The molecule has 128 valence electrons. The summed E-state index contributed by atoms with van der Waals surface area (Å²) in [6, 6.07) is 10.7. The highest BCUT2D eigenvalue weighted by Gasteiger charge is 2.09. The molecule has 7 heteroatoms. The van der Waals surface area contributed by atoms with Gasteiger partial charge in [-0.25, -0.2) is 9.78 Å². The van der Waals surface area contributed by atoms with E-state index >= 15 is 0 Å². The Morgan fingerprint density at radius 1 is 1.00 bits per heavy atom. The van der Waals surface area contributed by atoms with Crippen LogP contribution in [-0.4, -0.2) is 11.0 Å². The second-order valence-electron chi connectivity index (χ2n) is 5.54. The SMILES string of the molecule is Cc1ccc(-c2csc(NC(=O)Nc3ccc(Cl)c(Cl)c3)n2)cc1C. The average molecular weight is 392 g/mol. The number of halogens is 2. The summed E-state index contributed by atoms with van der Waals surface area (Å²) >= 11 is 13.2. The lowest BCUT2D eigenvalue weighted by Gasteiger charge is -2.06. The maximum absolute atomic E-state index is 12.1. The van der Waals surface area contributed by atoms with Gasteiger partial charge in [-0.05, 0) is 49.2 Å². The second kappa shape index (κ2) is 7.44. The van der Waals surface area contributed by atoms with Gasteiger partial charge in [-0.1, -0.05) is 35.3 Å². The minimum absolute atomic E-state index is 0.380. The van der Waals surface area contributed by atoms with Gasteiger partial charge in [0.2, 0.25) is 0 Å². The van der Waals surface area contributed by atoms with Crippen LogP contribution in [0.25, 0.3) is 11.3 Å². The van der Waals surface area contributed by atoms with Crippen LogP contribution in [-0.2, 0) is 0 Å². The normalized spacial score (nSPS) is 10.6. The number of rotatable bonds is 3. The third-order valence-electron chi connectivity index (χ3n) is 3.70. The number of hydrogen-bond acceptors (Lipinski definition) is 3. The zero-order valence-corrected chi connectivity index (χ0v) is 15.9. The molecular weight excluding hydrogens is 377 g/mol. The molecule has 2 amide bonds. The fourth-order valence-corrected chi connectivity index (χ4v) is 3.21. The molecule has 2 N–H and O–H groups in total. The maximum Gasteiger partial charge on any atom is 0.325 e. The lowest BCUT2D eigenvalue weighted by atomic mass is 10.1. The number of carbonyl (C=O) groups is 1. The van der Waals surface area contributed by atoms with Crippen molar-refractivity contribution < 1.29 is 4.79 Å². The van der Waals surface area contributed by atoms with Crippen molar-refractivity contribution in [2.24, 2.45) is 0 Å². The Kier molecular flexibility index (Phi) is 5.27. The lowest BCUT2D eigenvalue weighted by Crippen LogP contribution is -2.19. The second-order valence-corrected chi connectivity index (χ2v) is 7.22. The fraction of sp³-hybridized carbons (Fsp3) is 0.111. The van der Waals surface area contributed by atoms with Crippen LogP contribution in [0.1, 0.15) is 11.1 Å². The molecule has 1 heterocycles. The maximum atomic E-state index is 12.1. The van der Waals surface area contributed by atoms with E-state index in [-0.39, 0.29) is 6.03 Å². The van der Waals surface area contributed by atoms with Gasteiger partial charge in [0, 0.05) is 16.6 Å². The van der Waals surface area contributed by atoms with Gasteiger partial charge < -0.3 is 5.32 Å². The number of urea groups is 1. The number of thiazole rings is 1. The number of amides is 2. The van der Waals surface area contributed by atoms with E-state index < -0.39 is 0 Å². The van der Waals surface area contributed by atoms with Crippen molar-refractivity contribution >= 4 is 51.4 Å². The summed E-state index contributed by atoms with van der Waals surface area (Å²) in [4.78, 5) is 16.6. The summed E-state index contributed by atoms with van der Waals surface area (Å²) in [7, 11) is 0. The van der Waals surface area contributed by atoms with Crippen LogP contribution in [0.15, 0.2) is 41.8 Å². The smallest absolute Gasteiger partial charge is 0.308 e. The summed E-state index contributed by atoms with van der Waals surface area (Å²) < 4.78 is 0. The highest BCUT2D eigenvalue weighted by atomic mass is 35.5. The van der Waals surface area contributed by atoms with Crippen molar-refractivity contribution in [1.82, 2.24) is 4.98 Å². The van der Waals surface area contributed by atoms with Crippen molar-refractivity contribution in [1.29, 1.82) is 0 Å². The van der Waals surface area contributed by atoms with Gasteiger partial charge in [0.1, 0.15) is 0 Å². The Hall–Kier alpha value is -2.08. The summed E-state index contributed by atoms with van der Waals surface area (Å²) in [6.45, 7) is 4.13. The van der Waals surface area contributed by atoms with Crippen LogP contribution in [0.2, 0.25) is 10.0 Å². The Bertz CT molecular complexity index is 940. The molecule has 0 radical (unpaired) electrons. The zero-order chi connectivity index (χ0) is 18.0. The van der Waals surface area contributed by atoms with E-state index in [2.05, 4.69) is 41.6 Å². The lowest BCUT2D eigenvalue weighted by molar-refractivity contribution is 0.262. The molecule has 0 aliphatic rings. The zero-order valence-electron chi connectivity index (χ0n) is 13.6. The van der Waals surface area contributed by atoms with Crippen molar-refractivity contribution in [3.05, 3.63) is 63.0 Å². The molecule has 0 aliphatic heterocycles. The molecule has 1 aromatic heterocycles. The molecule has 0 saturated heterocycles. The van der Waals surface area contributed by atoms with E-state index in [0.717, 1.165) is 11.3 Å². The number of benzene rings is 2. The monoisotopic (exact) mass is 391 g/mol. The molecule has 0 bridgehead atoms. The molecule has 4 nitrogen and oxygen atoms in total. The van der Waals surface area contributed by atoms with E-state index in [1.54, 1.807) is 18.2 Å². The standard InChI is InChI=1S/C18H15Cl2N3OS/c1-10-3-4-12(7-11(10)2)16-9-25-18(22-16)23-17(24)21-13-5-6-14(19)15(20)8-13/h3-9H,1-2H3,(H2,21,22,23,24). The van der Waals surface area contributed by atoms with Crippen LogP contribution in [0.4, 0.5) is 15.6 Å². The highest BCUT2D eigenvalue weighted by molar-refractivity contribution is 7.14. The summed E-state index contributed by atoms with van der Waals surface area (Å²) in [5.74, 6) is 0. The van der Waals surface area contributed by atoms with Crippen molar-refractivity contribution in [3.63, 3.8) is 0 Å². The summed E-state index contributed by atoms with van der Waals surface area (Å²) in [5, 5.41) is 8.67. The molecule has 0 atom stereocenters. The van der Waals surface area contributed by atoms with E-state index in [9.17, 15) is 4.79 Å². The summed E-state index contributed by atoms with van der Waals surface area (Å²) in [5.41, 5.74) is 4.85. The number of aryl methyl sites for hydroxylation is 2. The number of nitrogens with zero attached hydrogens (tertiary/aromatic N) is 1. The molecule has 0 fully saturated rings. The number of anilines is 2. The Morgan fingerprint density at radius 2 is 1.80 bits per heavy atom. The number of carbonyl (C=O) groups excluding carboxylic acids is 1. The molecule has 0 aliphatic carbocycles. The summed E-state index contributed by atoms with van der Waals surface area (Å²) in [6.07, 6.45) is 0. The molecule has 3 rings (SSSR count). The molecule has 0 spiro atoms. The minimum Gasteiger partial charge on any atom is -0.308 e. The Morgan fingerprint density at radius 3 is 2.52 bits per heavy atom. The first-order valence-electron chi connectivity index (χ1n) is 7.48. The van der Waals surface area contributed by atoms with Crippen LogP contribution < -0.4 is 10.6 Å². The molecule has 0 saturated carbocycles. The molecular formula is C18H15Cl2N3OS. The van der Waals surface area contributed by atoms with E-state index in [1.165, 1.54) is 22.5 Å². The predicted octanol–water partition coefficient (Wildman–Crippen LogP) is 6.38. The minimum atomic E-state index is -0.389. The Balaban J connectivity index is 1.69. The first kappa shape index (κ1) is 17.7. The predicted molar refractivity (Wildman–Crippen MR) is 106 cm³/mol. The molecule has 3 aromatic rings. The van der Waals surface area contributed by atoms with Crippen LogP contribution in [0.5, 0.6) is 0 Å². The van der Waals surface area contributed by atoms with Crippen molar-refractivity contribution in [3.8, 4) is 11.3 Å². The van der Waals surface area contributed by atoms with Crippen molar-refractivity contribution in [2.75, 3.05) is 10.6 Å². The third-order valence-corrected chi connectivity index (χ3v) is 5.20. The van der Waals surface area contributed by atoms with Gasteiger partial charge in [0.05, 0.1) is 15.7 Å². The van der Waals surface area contributed by atoms with Gasteiger partial charge in [0.15, 0.2) is 5.13 Å². The van der Waals surface area contributed by atoms with Crippen LogP contribution in [0.3, 0.4) is 0 Å². The van der Waals surface area contributed by atoms with Gasteiger partial charge in [-0.3, -0.25) is 5.32 Å². The topological polar surface area (TPSA) is 54.0 Å². The highest BCUT2D eigenvalue weighted by Crippen LogP contribution is 2.27. The van der Waals surface area contributed by atoms with Gasteiger partial charge in [0.25, 0.3) is 0 Å². The number of aromatic nitrogens is 1. The fourth-order valence-electron chi connectivity index (χ4n) is 2.20. The van der Waals surface area contributed by atoms with Gasteiger partial charge in [-0.2, -0.15) is 0 Å².